The third-order valence-corrected chi connectivity index (χ3v) is 4.57. The lowest BCUT2D eigenvalue weighted by Gasteiger charge is -2.19. The second-order valence-electron chi connectivity index (χ2n) is 8.06. The summed E-state index contributed by atoms with van der Waals surface area (Å²) in [5.74, 6) is -0.363. The molecule has 0 saturated carbocycles. The van der Waals surface area contributed by atoms with Crippen LogP contribution in [0.15, 0.2) is 54.7 Å². The molecule has 3 aromatic rings. The third kappa shape index (κ3) is 4.51. The molecule has 150 valence electrons. The Morgan fingerprint density at radius 3 is 2.24 bits per heavy atom. The van der Waals surface area contributed by atoms with Crippen molar-refractivity contribution in [1.29, 1.82) is 0 Å². The number of rotatable bonds is 5. The van der Waals surface area contributed by atoms with Gasteiger partial charge in [-0.3, -0.25) is 4.79 Å². The molecule has 7 heteroatoms. The van der Waals surface area contributed by atoms with Gasteiger partial charge in [-0.1, -0.05) is 26.0 Å². The van der Waals surface area contributed by atoms with Crippen LogP contribution in [0.25, 0.3) is 5.69 Å². The monoisotopic (exact) mass is 391 g/mol. The van der Waals surface area contributed by atoms with Gasteiger partial charge < -0.3 is 10.1 Å². The lowest BCUT2D eigenvalue weighted by Crippen LogP contribution is -2.17. The number of hydrogen-bond donors (Lipinski definition) is 0. The molecule has 0 saturated heterocycles. The maximum absolute atomic E-state index is 12.5. The number of carbonyl (C=O) groups excluding carboxylic acids is 1. The number of Topliss-reactive ketones (excluding diaryl/α,β-unsaturated/α-hetero) is 1. The molecule has 1 aromatic heterocycles. The fourth-order valence-electron chi connectivity index (χ4n) is 2.86. The summed E-state index contributed by atoms with van der Waals surface area (Å²) in [6, 6.07) is 14.0. The Hall–Kier alpha value is -3.48. The van der Waals surface area contributed by atoms with E-state index < -0.39 is 0 Å². The molecule has 0 fully saturated rings. The van der Waals surface area contributed by atoms with Gasteiger partial charge in [0.25, 0.3) is 0 Å². The third-order valence-electron chi connectivity index (χ3n) is 4.57. The summed E-state index contributed by atoms with van der Waals surface area (Å²) < 4.78 is 2.34. The van der Waals surface area contributed by atoms with Gasteiger partial charge in [-0.25, -0.2) is 4.68 Å². The average Bonchev–Trinajstić information content (AvgIpc) is 3.18. The van der Waals surface area contributed by atoms with E-state index in [4.69, 9.17) is 0 Å². The van der Waals surface area contributed by atoms with Gasteiger partial charge in [-0.2, -0.15) is 4.74 Å². The van der Waals surface area contributed by atoms with Gasteiger partial charge in [0.2, 0.25) is 17.7 Å². The molecule has 0 radical (unpaired) electrons. The van der Waals surface area contributed by atoms with Crippen LogP contribution < -0.4 is 4.90 Å². The molecule has 0 N–H and O–H groups in total. The Kier molecular flexibility index (Phi) is 5.50. The molecule has 0 aliphatic heterocycles. The molecule has 0 aliphatic rings. The highest BCUT2D eigenvalue weighted by atomic mass is 16.5. The van der Waals surface area contributed by atoms with Crippen LogP contribution in [0.5, 0.6) is 0 Å². The fourth-order valence-corrected chi connectivity index (χ4v) is 2.86. The highest BCUT2D eigenvalue weighted by molar-refractivity contribution is 6.33. The predicted octanol–water partition coefficient (Wildman–Crippen LogP) is 3.73. The molecule has 0 atom stereocenters. The number of carbonyl (C=O) groups is 1. The van der Waals surface area contributed by atoms with Crippen molar-refractivity contribution in [2.45, 2.75) is 26.2 Å². The van der Waals surface area contributed by atoms with Gasteiger partial charge in [0.05, 0.1) is 17.6 Å². The zero-order valence-corrected chi connectivity index (χ0v) is 17.3. The topological polar surface area (TPSA) is 77.1 Å². The molecule has 0 bridgehead atoms. The van der Waals surface area contributed by atoms with Crippen LogP contribution in [0.3, 0.4) is 0 Å². The van der Waals surface area contributed by atoms with E-state index in [-0.39, 0.29) is 11.2 Å². The Balaban J connectivity index is 1.80. The summed E-state index contributed by atoms with van der Waals surface area (Å²) in [5.41, 5.74) is 3.47. The largest absolute Gasteiger partial charge is 0.618 e. The quantitative estimate of drug-likeness (QED) is 0.218. The minimum atomic E-state index is -0.363. The summed E-state index contributed by atoms with van der Waals surface area (Å²) >= 11 is 0. The lowest BCUT2D eigenvalue weighted by molar-refractivity contribution is -0.353. The van der Waals surface area contributed by atoms with Gasteiger partial charge in [-0.05, 0) is 36.4 Å². The minimum absolute atomic E-state index is 0.114. The van der Waals surface area contributed by atoms with Crippen LogP contribution >= 0.6 is 0 Å². The van der Waals surface area contributed by atoms with E-state index in [9.17, 15) is 10.0 Å². The highest BCUT2D eigenvalue weighted by Crippen LogP contribution is 2.23. The van der Waals surface area contributed by atoms with Crippen molar-refractivity contribution in [3.8, 4) is 5.69 Å². The number of nitrogens with zero attached hydrogens (tertiary/aromatic N) is 5. The zero-order chi connectivity index (χ0) is 21.2. The molecule has 3 rings (SSSR count). The van der Waals surface area contributed by atoms with Crippen LogP contribution in [-0.4, -0.2) is 45.8 Å². The van der Waals surface area contributed by atoms with Crippen molar-refractivity contribution in [1.82, 2.24) is 15.0 Å². The Morgan fingerprint density at radius 2 is 1.69 bits per heavy atom. The van der Waals surface area contributed by atoms with E-state index in [0.717, 1.165) is 23.3 Å². The van der Waals surface area contributed by atoms with Crippen molar-refractivity contribution in [2.24, 2.45) is 0 Å². The summed E-state index contributed by atoms with van der Waals surface area (Å²) in [6.45, 7) is 6.26. The lowest BCUT2D eigenvalue weighted by atomic mass is 9.92. The Labute approximate surface area is 170 Å². The predicted molar refractivity (Wildman–Crippen MR) is 115 cm³/mol. The van der Waals surface area contributed by atoms with E-state index in [2.05, 4.69) is 31.1 Å². The van der Waals surface area contributed by atoms with E-state index in [1.54, 1.807) is 47.3 Å². The van der Waals surface area contributed by atoms with Gasteiger partial charge in [0.15, 0.2) is 0 Å². The first-order valence-electron chi connectivity index (χ1n) is 9.31. The van der Waals surface area contributed by atoms with Crippen molar-refractivity contribution in [2.75, 3.05) is 19.0 Å². The first-order chi connectivity index (χ1) is 13.7. The van der Waals surface area contributed by atoms with Crippen LogP contribution in [0, 0.1) is 5.21 Å². The Bertz CT molecular complexity index is 1030. The molecule has 2 aromatic carbocycles. The maximum Gasteiger partial charge on any atom is 0.250 e. The SMILES string of the molecule is CN(C)c1ccc(/[N+]([O-])=C/C(=O)c2ccc(-n3nncc3C(C)(C)C)cc2)cc1. The average molecular weight is 391 g/mol. The second-order valence-corrected chi connectivity index (χ2v) is 8.06. The molecule has 0 unspecified atom stereocenters. The fraction of sp³-hybridized carbons (Fsp3) is 0.273. The number of benzene rings is 2. The Morgan fingerprint density at radius 1 is 1.07 bits per heavy atom. The summed E-state index contributed by atoms with van der Waals surface area (Å²) in [4.78, 5) is 14.4. The van der Waals surface area contributed by atoms with E-state index >= 15 is 0 Å². The normalized spacial score (nSPS) is 12.1. The van der Waals surface area contributed by atoms with Gasteiger partial charge >= 0.3 is 0 Å². The van der Waals surface area contributed by atoms with Crippen LogP contribution in [-0.2, 0) is 5.41 Å². The van der Waals surface area contributed by atoms with E-state index in [0.29, 0.717) is 16.0 Å². The van der Waals surface area contributed by atoms with E-state index in [1.807, 2.05) is 31.1 Å². The molecular formula is C22H25N5O2. The number of ketones is 1. The molecule has 0 amide bonds. The first kappa shape index (κ1) is 20.3. The van der Waals surface area contributed by atoms with Crippen LogP contribution in [0.2, 0.25) is 0 Å². The van der Waals surface area contributed by atoms with Crippen molar-refractivity contribution in [3.05, 3.63) is 71.2 Å². The van der Waals surface area contributed by atoms with Gasteiger partial charge in [0.1, 0.15) is 0 Å². The standard InChI is InChI=1S/C22H25N5O2/c1-22(2,3)21-14-23-24-27(21)19-8-6-16(7-9-19)20(28)15-26(29)18-12-10-17(11-13-18)25(4)5/h6-15H,1-5H3/b26-15-. The highest BCUT2D eigenvalue weighted by Gasteiger charge is 2.20. The maximum atomic E-state index is 12.5. The minimum Gasteiger partial charge on any atom is -0.618 e. The summed E-state index contributed by atoms with van der Waals surface area (Å²) in [5, 5.41) is 20.5. The number of anilines is 1. The van der Waals surface area contributed by atoms with Gasteiger partial charge in [0, 0.05) is 42.9 Å². The molecule has 7 nitrogen and oxygen atoms in total. The van der Waals surface area contributed by atoms with Crippen molar-refractivity contribution >= 4 is 23.4 Å². The molecule has 0 spiro atoms. The summed E-state index contributed by atoms with van der Waals surface area (Å²) in [7, 11) is 3.85. The first-order valence-corrected chi connectivity index (χ1v) is 9.31. The molecule has 29 heavy (non-hydrogen) atoms. The van der Waals surface area contributed by atoms with E-state index in [1.165, 1.54) is 0 Å². The number of hydrogen-bond acceptors (Lipinski definition) is 5. The molecule has 0 aliphatic carbocycles. The number of aromatic nitrogens is 3. The second kappa shape index (κ2) is 7.87. The smallest absolute Gasteiger partial charge is 0.250 e. The summed E-state index contributed by atoms with van der Waals surface area (Å²) in [6.07, 6.45) is 2.79. The van der Waals surface area contributed by atoms with Crippen molar-refractivity contribution < 1.29 is 9.53 Å². The zero-order valence-electron chi connectivity index (χ0n) is 17.3. The van der Waals surface area contributed by atoms with Crippen LogP contribution in [0.4, 0.5) is 11.4 Å². The van der Waals surface area contributed by atoms with Gasteiger partial charge in [-0.15, -0.1) is 5.10 Å². The molecular weight excluding hydrogens is 366 g/mol. The van der Waals surface area contributed by atoms with Crippen LogP contribution in [0.1, 0.15) is 36.8 Å². The molecule has 1 heterocycles. The van der Waals surface area contributed by atoms with Crippen molar-refractivity contribution in [3.63, 3.8) is 0 Å².